The highest BCUT2D eigenvalue weighted by atomic mass is 19.1. The minimum atomic E-state index is -0.457. The predicted octanol–water partition coefficient (Wildman–Crippen LogP) is 1.83. The highest BCUT2D eigenvalue weighted by Crippen LogP contribution is 2.10. The normalized spacial score (nSPS) is 11.5. The van der Waals surface area contributed by atoms with Crippen LogP contribution in [-0.4, -0.2) is 38.0 Å². The molecule has 0 saturated heterocycles. The summed E-state index contributed by atoms with van der Waals surface area (Å²) in [5, 5.41) is 8.95. The first-order chi connectivity index (χ1) is 11.4. The van der Waals surface area contributed by atoms with E-state index in [0.717, 1.165) is 12.1 Å². The molecule has 1 aromatic carbocycles. The molecule has 0 heterocycles. The molecular weight excluding hydrogens is 314 g/mol. The third-order valence-corrected chi connectivity index (χ3v) is 3.24. The average Bonchev–Trinajstić information content (AvgIpc) is 2.54. The number of nitrogens with zero attached hydrogens (tertiary/aromatic N) is 1. The number of aliphatic imine (C=N–C) groups is 1. The van der Waals surface area contributed by atoms with Crippen molar-refractivity contribution in [3.63, 3.8) is 0 Å². The van der Waals surface area contributed by atoms with E-state index in [1.807, 2.05) is 20.8 Å². The van der Waals surface area contributed by atoms with E-state index in [4.69, 9.17) is 0 Å². The highest BCUT2D eigenvalue weighted by molar-refractivity contribution is 5.80. The highest BCUT2D eigenvalue weighted by Gasteiger charge is 2.06. The van der Waals surface area contributed by atoms with Gasteiger partial charge in [-0.05, 0) is 37.1 Å². The van der Waals surface area contributed by atoms with Gasteiger partial charge in [0.15, 0.2) is 5.96 Å². The van der Waals surface area contributed by atoms with Crippen LogP contribution in [0.2, 0.25) is 0 Å². The Morgan fingerprint density at radius 3 is 2.54 bits per heavy atom. The lowest BCUT2D eigenvalue weighted by atomic mass is 10.1. The van der Waals surface area contributed by atoms with Crippen molar-refractivity contribution < 1.29 is 13.6 Å². The molecule has 0 spiro atoms. The fraction of sp³-hybridized carbons (Fsp3) is 0.529. The van der Waals surface area contributed by atoms with Crippen LogP contribution in [0.1, 0.15) is 26.3 Å². The van der Waals surface area contributed by atoms with E-state index in [-0.39, 0.29) is 11.8 Å². The molecule has 7 heteroatoms. The molecule has 24 heavy (non-hydrogen) atoms. The molecule has 1 aromatic rings. The standard InChI is InChI=1S/C17H26F2N4O/c1-4-20-17(23-10-9-21-16(24)12(2)3)22-8-7-13-11-14(18)5-6-15(13)19/h5-6,11-12H,4,7-10H2,1-3H3,(H,21,24)(H2,20,22,23). The Morgan fingerprint density at radius 2 is 1.88 bits per heavy atom. The van der Waals surface area contributed by atoms with Crippen LogP contribution in [0.3, 0.4) is 0 Å². The molecule has 134 valence electrons. The molecule has 0 aliphatic heterocycles. The van der Waals surface area contributed by atoms with E-state index in [0.29, 0.717) is 44.1 Å². The molecule has 1 rings (SSSR count). The maximum absolute atomic E-state index is 13.5. The van der Waals surface area contributed by atoms with Gasteiger partial charge in [-0.2, -0.15) is 0 Å². The number of guanidine groups is 1. The van der Waals surface area contributed by atoms with Gasteiger partial charge in [0.05, 0.1) is 0 Å². The predicted molar refractivity (Wildman–Crippen MR) is 91.9 cm³/mol. The van der Waals surface area contributed by atoms with Crippen molar-refractivity contribution in [3.05, 3.63) is 35.4 Å². The van der Waals surface area contributed by atoms with Gasteiger partial charge in [-0.15, -0.1) is 0 Å². The number of carbonyl (C=O) groups is 1. The minimum Gasteiger partial charge on any atom is -0.357 e. The summed E-state index contributed by atoms with van der Waals surface area (Å²) in [5.74, 6) is -0.358. The van der Waals surface area contributed by atoms with Crippen LogP contribution in [-0.2, 0) is 11.2 Å². The lowest BCUT2D eigenvalue weighted by Gasteiger charge is -2.12. The smallest absolute Gasteiger partial charge is 0.222 e. The maximum Gasteiger partial charge on any atom is 0.222 e. The van der Waals surface area contributed by atoms with E-state index < -0.39 is 11.6 Å². The van der Waals surface area contributed by atoms with Gasteiger partial charge in [0.25, 0.3) is 0 Å². The third-order valence-electron chi connectivity index (χ3n) is 3.24. The summed E-state index contributed by atoms with van der Waals surface area (Å²) in [6, 6.07) is 3.40. The second kappa shape index (κ2) is 10.6. The number of hydrogen-bond donors (Lipinski definition) is 3. The Kier molecular flexibility index (Phi) is 8.75. The van der Waals surface area contributed by atoms with E-state index in [1.54, 1.807) is 0 Å². The number of hydrogen-bond acceptors (Lipinski definition) is 2. The lowest BCUT2D eigenvalue weighted by Crippen LogP contribution is -2.42. The van der Waals surface area contributed by atoms with Gasteiger partial charge in [0.1, 0.15) is 11.6 Å². The molecular formula is C17H26F2N4O. The number of carbonyl (C=O) groups excluding carboxylic acids is 1. The molecule has 0 unspecified atom stereocenters. The number of benzene rings is 1. The van der Waals surface area contributed by atoms with Crippen molar-refractivity contribution in [1.82, 2.24) is 16.0 Å². The van der Waals surface area contributed by atoms with E-state index >= 15 is 0 Å². The summed E-state index contributed by atoms with van der Waals surface area (Å²) >= 11 is 0. The number of amides is 1. The summed E-state index contributed by atoms with van der Waals surface area (Å²) in [4.78, 5) is 15.8. The monoisotopic (exact) mass is 340 g/mol. The fourth-order valence-electron chi connectivity index (χ4n) is 1.94. The van der Waals surface area contributed by atoms with Crippen molar-refractivity contribution in [2.45, 2.75) is 27.2 Å². The van der Waals surface area contributed by atoms with Gasteiger partial charge in [0.2, 0.25) is 5.91 Å². The van der Waals surface area contributed by atoms with Gasteiger partial charge >= 0.3 is 0 Å². The van der Waals surface area contributed by atoms with Crippen LogP contribution in [0.5, 0.6) is 0 Å². The zero-order valence-electron chi connectivity index (χ0n) is 14.5. The Balaban J connectivity index is 2.44. The lowest BCUT2D eigenvalue weighted by molar-refractivity contribution is -0.123. The largest absolute Gasteiger partial charge is 0.357 e. The summed E-state index contributed by atoms with van der Waals surface area (Å²) in [7, 11) is 0. The molecule has 0 aromatic heterocycles. The average molecular weight is 340 g/mol. The van der Waals surface area contributed by atoms with E-state index in [9.17, 15) is 13.6 Å². The molecule has 0 fully saturated rings. The molecule has 0 aliphatic carbocycles. The van der Waals surface area contributed by atoms with Crippen LogP contribution < -0.4 is 16.0 Å². The van der Waals surface area contributed by atoms with Crippen LogP contribution in [0, 0.1) is 17.6 Å². The van der Waals surface area contributed by atoms with Crippen LogP contribution >= 0.6 is 0 Å². The second-order valence-electron chi connectivity index (χ2n) is 5.62. The van der Waals surface area contributed by atoms with E-state index in [1.165, 1.54) is 6.07 Å². The maximum atomic E-state index is 13.5. The van der Waals surface area contributed by atoms with E-state index in [2.05, 4.69) is 20.9 Å². The van der Waals surface area contributed by atoms with Crippen LogP contribution in [0.25, 0.3) is 0 Å². The van der Waals surface area contributed by atoms with Crippen LogP contribution in [0.4, 0.5) is 8.78 Å². The van der Waals surface area contributed by atoms with Crippen molar-refractivity contribution >= 4 is 11.9 Å². The van der Waals surface area contributed by atoms with Gasteiger partial charge in [-0.25, -0.2) is 8.78 Å². The first-order valence-corrected chi connectivity index (χ1v) is 8.17. The van der Waals surface area contributed by atoms with Gasteiger partial charge in [0, 0.05) is 32.1 Å². The van der Waals surface area contributed by atoms with Gasteiger partial charge < -0.3 is 16.0 Å². The molecule has 0 aliphatic rings. The van der Waals surface area contributed by atoms with Crippen molar-refractivity contribution in [3.8, 4) is 0 Å². The summed E-state index contributed by atoms with van der Waals surface area (Å²) < 4.78 is 26.7. The molecule has 3 N–H and O–H groups in total. The van der Waals surface area contributed by atoms with Gasteiger partial charge in [-0.1, -0.05) is 13.8 Å². The summed E-state index contributed by atoms with van der Waals surface area (Å²) in [6.45, 7) is 7.62. The first kappa shape index (κ1) is 19.9. The topological polar surface area (TPSA) is 65.5 Å². The molecule has 0 saturated carbocycles. The number of halogens is 2. The molecule has 0 atom stereocenters. The second-order valence-corrected chi connectivity index (χ2v) is 5.62. The molecule has 1 amide bonds. The van der Waals surface area contributed by atoms with Crippen molar-refractivity contribution in [2.24, 2.45) is 10.9 Å². The van der Waals surface area contributed by atoms with Crippen molar-refractivity contribution in [1.29, 1.82) is 0 Å². The molecule has 5 nitrogen and oxygen atoms in total. The van der Waals surface area contributed by atoms with Gasteiger partial charge in [-0.3, -0.25) is 9.79 Å². The van der Waals surface area contributed by atoms with Crippen molar-refractivity contribution in [2.75, 3.05) is 26.2 Å². The third kappa shape index (κ3) is 7.39. The number of nitrogens with one attached hydrogen (secondary N) is 3. The van der Waals surface area contributed by atoms with Crippen LogP contribution in [0.15, 0.2) is 23.2 Å². The Labute approximate surface area is 141 Å². The number of rotatable bonds is 8. The summed E-state index contributed by atoms with van der Waals surface area (Å²) in [6.07, 6.45) is 0.310. The zero-order chi connectivity index (χ0) is 17.9. The molecule has 0 bridgehead atoms. The Morgan fingerprint density at radius 1 is 1.17 bits per heavy atom. The fourth-order valence-corrected chi connectivity index (χ4v) is 1.94. The first-order valence-electron chi connectivity index (χ1n) is 8.17. The molecule has 0 radical (unpaired) electrons. The quantitative estimate of drug-likeness (QED) is 0.384. The Bertz CT molecular complexity index is 562. The minimum absolute atomic E-state index is 0.000295. The zero-order valence-corrected chi connectivity index (χ0v) is 14.5. The summed E-state index contributed by atoms with van der Waals surface area (Å²) in [5.41, 5.74) is 0.304. The Hall–Kier alpha value is -2.18. The SMILES string of the molecule is CCNC(=NCCc1cc(F)ccc1F)NCCNC(=O)C(C)C.